The largest absolute Gasteiger partial charge is 0.382 e. The molecule has 0 unspecified atom stereocenters. The predicted molar refractivity (Wildman–Crippen MR) is 92.3 cm³/mol. The highest BCUT2D eigenvalue weighted by Gasteiger charge is 1.96. The van der Waals surface area contributed by atoms with Gasteiger partial charge in [0, 0.05) is 13.5 Å². The SMILES string of the molecule is COCCOCCOCCOCCOCCOCCOCCC(=O)Cl. The molecule has 0 rings (SSSR count). The number of hydrogen-bond donors (Lipinski definition) is 0. The summed E-state index contributed by atoms with van der Waals surface area (Å²) in [6.07, 6.45) is 0.220. The van der Waals surface area contributed by atoms with Crippen LogP contribution in [0.4, 0.5) is 0 Å². The van der Waals surface area contributed by atoms with Crippen LogP contribution in [0, 0.1) is 0 Å². The molecule has 0 saturated heterocycles. The predicted octanol–water partition coefficient (Wildman–Crippen LogP) is 0.888. The Morgan fingerprint density at radius 2 is 0.840 bits per heavy atom. The van der Waals surface area contributed by atoms with Crippen LogP contribution in [-0.2, 0) is 38.0 Å². The monoisotopic (exact) mass is 386 g/mol. The lowest BCUT2D eigenvalue weighted by atomic mass is 10.5. The van der Waals surface area contributed by atoms with Crippen molar-refractivity contribution in [2.75, 3.05) is 93.0 Å². The summed E-state index contributed by atoms with van der Waals surface area (Å²) in [5.41, 5.74) is 0. The highest BCUT2D eigenvalue weighted by molar-refractivity contribution is 6.63. The van der Waals surface area contributed by atoms with Crippen molar-refractivity contribution in [1.29, 1.82) is 0 Å². The van der Waals surface area contributed by atoms with Gasteiger partial charge in [-0.2, -0.15) is 0 Å². The summed E-state index contributed by atoms with van der Waals surface area (Å²) in [5, 5.41) is -0.393. The van der Waals surface area contributed by atoms with Crippen molar-refractivity contribution in [3.63, 3.8) is 0 Å². The first-order chi connectivity index (χ1) is 12.3. The molecule has 0 aliphatic carbocycles. The Labute approximate surface area is 154 Å². The van der Waals surface area contributed by atoms with E-state index in [1.54, 1.807) is 7.11 Å². The maximum Gasteiger partial charge on any atom is 0.223 e. The number of rotatable bonds is 21. The van der Waals surface area contributed by atoms with Gasteiger partial charge in [-0.3, -0.25) is 4.79 Å². The fraction of sp³-hybridized carbons (Fsp3) is 0.938. The molecule has 0 atom stereocenters. The molecule has 0 fully saturated rings. The lowest BCUT2D eigenvalue weighted by Crippen LogP contribution is -2.14. The summed E-state index contributed by atoms with van der Waals surface area (Å²) in [5.74, 6) is 0. The molecule has 0 aliphatic heterocycles. The Balaban J connectivity index is 2.97. The second-order valence-corrected chi connectivity index (χ2v) is 5.19. The minimum atomic E-state index is -0.393. The van der Waals surface area contributed by atoms with Gasteiger partial charge in [-0.25, -0.2) is 0 Å². The minimum Gasteiger partial charge on any atom is -0.382 e. The molecule has 0 heterocycles. The van der Waals surface area contributed by atoms with E-state index < -0.39 is 5.24 Å². The molecule has 25 heavy (non-hydrogen) atoms. The zero-order valence-corrected chi connectivity index (χ0v) is 15.8. The van der Waals surface area contributed by atoms with Crippen LogP contribution in [0.15, 0.2) is 0 Å². The average Bonchev–Trinajstić information content (AvgIpc) is 2.60. The Kier molecular flexibility index (Phi) is 21.4. The van der Waals surface area contributed by atoms with Gasteiger partial charge in [-0.1, -0.05) is 0 Å². The second-order valence-electron chi connectivity index (χ2n) is 4.77. The van der Waals surface area contributed by atoms with Crippen LogP contribution in [0.25, 0.3) is 0 Å². The van der Waals surface area contributed by atoms with Gasteiger partial charge in [0.05, 0.1) is 85.9 Å². The summed E-state index contributed by atoms with van der Waals surface area (Å²) in [6, 6.07) is 0. The van der Waals surface area contributed by atoms with E-state index in [4.69, 9.17) is 44.8 Å². The second kappa shape index (κ2) is 21.7. The average molecular weight is 387 g/mol. The van der Waals surface area contributed by atoms with Gasteiger partial charge >= 0.3 is 0 Å². The first-order valence-corrected chi connectivity index (χ1v) is 8.79. The molecule has 0 aromatic rings. The maximum absolute atomic E-state index is 10.4. The first kappa shape index (κ1) is 24.7. The van der Waals surface area contributed by atoms with Crippen molar-refractivity contribution >= 4 is 16.8 Å². The van der Waals surface area contributed by atoms with Gasteiger partial charge < -0.3 is 33.2 Å². The van der Waals surface area contributed by atoms with Crippen LogP contribution in [0.5, 0.6) is 0 Å². The van der Waals surface area contributed by atoms with Crippen molar-refractivity contribution in [2.24, 2.45) is 0 Å². The van der Waals surface area contributed by atoms with E-state index in [1.807, 2.05) is 0 Å². The van der Waals surface area contributed by atoms with Crippen molar-refractivity contribution in [2.45, 2.75) is 6.42 Å². The molecular weight excluding hydrogens is 356 g/mol. The smallest absolute Gasteiger partial charge is 0.223 e. The Bertz CT molecular complexity index is 281. The summed E-state index contributed by atoms with van der Waals surface area (Å²) in [4.78, 5) is 10.4. The molecule has 0 spiro atoms. The van der Waals surface area contributed by atoms with Crippen LogP contribution < -0.4 is 0 Å². The topological polar surface area (TPSA) is 81.7 Å². The van der Waals surface area contributed by atoms with Crippen LogP contribution in [0.3, 0.4) is 0 Å². The van der Waals surface area contributed by atoms with Gasteiger partial charge in [-0.15, -0.1) is 0 Å². The fourth-order valence-corrected chi connectivity index (χ4v) is 1.57. The number of hydrogen-bond acceptors (Lipinski definition) is 8. The Hall–Kier alpha value is -0.320. The molecule has 0 radical (unpaired) electrons. The highest BCUT2D eigenvalue weighted by atomic mass is 35.5. The molecule has 0 aliphatic rings. The van der Waals surface area contributed by atoms with E-state index in [-0.39, 0.29) is 6.42 Å². The third-order valence-electron chi connectivity index (χ3n) is 2.73. The molecule has 0 bridgehead atoms. The zero-order valence-electron chi connectivity index (χ0n) is 15.0. The van der Waals surface area contributed by atoms with Crippen LogP contribution in [0.1, 0.15) is 6.42 Å². The number of methoxy groups -OCH3 is 1. The van der Waals surface area contributed by atoms with Gasteiger partial charge in [0.25, 0.3) is 0 Å². The third-order valence-corrected chi connectivity index (χ3v) is 2.92. The summed E-state index contributed by atoms with van der Waals surface area (Å²) in [7, 11) is 1.64. The normalized spacial score (nSPS) is 11.1. The quantitative estimate of drug-likeness (QED) is 0.212. The van der Waals surface area contributed by atoms with Crippen molar-refractivity contribution < 1.29 is 38.0 Å². The standard InChI is InChI=1S/C16H31ClO8/c1-19-4-5-21-8-9-23-12-13-25-15-14-24-11-10-22-7-6-20-3-2-16(17)18/h2-15H2,1H3. The number of carbonyl (C=O) groups is 1. The van der Waals surface area contributed by atoms with Gasteiger partial charge in [0.1, 0.15) is 0 Å². The van der Waals surface area contributed by atoms with Crippen LogP contribution in [0.2, 0.25) is 0 Å². The zero-order chi connectivity index (χ0) is 18.4. The Morgan fingerprint density at radius 1 is 0.560 bits per heavy atom. The molecular formula is C16H31ClO8. The highest BCUT2D eigenvalue weighted by Crippen LogP contribution is 1.89. The fourth-order valence-electron chi connectivity index (χ4n) is 1.50. The number of halogens is 1. The third kappa shape index (κ3) is 23.7. The van der Waals surface area contributed by atoms with E-state index in [0.717, 1.165) is 0 Å². The van der Waals surface area contributed by atoms with E-state index in [2.05, 4.69) is 0 Å². The van der Waals surface area contributed by atoms with Gasteiger partial charge in [0.15, 0.2) is 0 Å². The lowest BCUT2D eigenvalue weighted by molar-refractivity contribution is -0.112. The minimum absolute atomic E-state index is 0.220. The maximum atomic E-state index is 10.4. The van der Waals surface area contributed by atoms with Gasteiger partial charge in [0.2, 0.25) is 5.24 Å². The Morgan fingerprint density at radius 3 is 1.12 bits per heavy atom. The summed E-state index contributed by atoms with van der Waals surface area (Å²) in [6.45, 7) is 6.58. The summed E-state index contributed by atoms with van der Waals surface area (Å²) < 4.78 is 36.6. The number of carbonyl (C=O) groups excluding carboxylic acids is 1. The molecule has 8 nitrogen and oxygen atoms in total. The van der Waals surface area contributed by atoms with Crippen molar-refractivity contribution in [1.82, 2.24) is 0 Å². The first-order valence-electron chi connectivity index (χ1n) is 8.41. The molecule has 0 saturated carbocycles. The molecule has 0 aromatic heterocycles. The molecule has 0 amide bonds. The number of ether oxygens (including phenoxy) is 7. The van der Waals surface area contributed by atoms with Crippen LogP contribution >= 0.6 is 11.6 Å². The molecule has 0 N–H and O–H groups in total. The van der Waals surface area contributed by atoms with E-state index in [1.165, 1.54) is 0 Å². The molecule has 150 valence electrons. The van der Waals surface area contributed by atoms with Gasteiger partial charge in [-0.05, 0) is 11.6 Å². The van der Waals surface area contributed by atoms with E-state index in [9.17, 15) is 4.79 Å². The van der Waals surface area contributed by atoms with E-state index >= 15 is 0 Å². The van der Waals surface area contributed by atoms with Crippen LogP contribution in [-0.4, -0.2) is 98.2 Å². The molecule has 9 heteroatoms. The van der Waals surface area contributed by atoms with E-state index in [0.29, 0.717) is 85.9 Å². The lowest BCUT2D eigenvalue weighted by Gasteiger charge is -2.08. The van der Waals surface area contributed by atoms with Crippen molar-refractivity contribution in [3.8, 4) is 0 Å². The molecule has 0 aromatic carbocycles. The van der Waals surface area contributed by atoms with Crippen molar-refractivity contribution in [3.05, 3.63) is 0 Å². The summed E-state index contributed by atoms with van der Waals surface area (Å²) >= 11 is 5.17.